The van der Waals surface area contributed by atoms with Crippen molar-refractivity contribution in [2.75, 3.05) is 0 Å². The number of aldehydes is 1. The lowest BCUT2D eigenvalue weighted by Crippen LogP contribution is -1.99. The van der Waals surface area contributed by atoms with Crippen LogP contribution < -0.4 is 0 Å². The molecule has 0 aliphatic heterocycles. The Hall–Kier alpha value is -1.18. The van der Waals surface area contributed by atoms with Crippen molar-refractivity contribution in [1.82, 2.24) is 0 Å². The quantitative estimate of drug-likeness (QED) is 0.673. The molecule has 0 saturated heterocycles. The fourth-order valence-corrected chi connectivity index (χ4v) is 1.46. The van der Waals surface area contributed by atoms with E-state index in [-0.39, 0.29) is 11.7 Å². The Labute approximate surface area is 83.9 Å². The van der Waals surface area contributed by atoms with Crippen molar-refractivity contribution in [3.05, 3.63) is 35.1 Å². The minimum Gasteiger partial charge on any atom is -0.303 e. The average molecular weight is 194 g/mol. The van der Waals surface area contributed by atoms with Gasteiger partial charge < -0.3 is 4.79 Å². The number of hydrogen-bond acceptors (Lipinski definition) is 1. The fourth-order valence-electron chi connectivity index (χ4n) is 1.46. The summed E-state index contributed by atoms with van der Waals surface area (Å²) in [6, 6.07) is 5.12. The van der Waals surface area contributed by atoms with Crippen LogP contribution in [0.2, 0.25) is 0 Å². The van der Waals surface area contributed by atoms with Crippen molar-refractivity contribution < 1.29 is 9.18 Å². The van der Waals surface area contributed by atoms with E-state index in [4.69, 9.17) is 0 Å². The normalized spacial score (nSPS) is 12.5. The average Bonchev–Trinajstić information content (AvgIpc) is 2.19. The van der Waals surface area contributed by atoms with E-state index in [0.717, 1.165) is 18.3 Å². The van der Waals surface area contributed by atoms with Gasteiger partial charge in [0.15, 0.2) is 0 Å². The minimum atomic E-state index is -0.212. The Morgan fingerprint density at radius 1 is 1.50 bits per heavy atom. The second-order valence-corrected chi connectivity index (χ2v) is 3.51. The predicted octanol–water partition coefficient (Wildman–Crippen LogP) is 3.08. The molecule has 0 bridgehead atoms. The lowest BCUT2D eigenvalue weighted by Gasteiger charge is -2.10. The summed E-state index contributed by atoms with van der Waals surface area (Å²) in [5.41, 5.74) is 1.76. The zero-order valence-corrected chi connectivity index (χ0v) is 8.59. The van der Waals surface area contributed by atoms with Gasteiger partial charge in [0.2, 0.25) is 0 Å². The smallest absolute Gasteiger partial charge is 0.126 e. The van der Waals surface area contributed by atoms with Gasteiger partial charge in [-0.2, -0.15) is 0 Å². The van der Waals surface area contributed by atoms with Gasteiger partial charge in [0, 0.05) is 6.42 Å². The van der Waals surface area contributed by atoms with E-state index in [1.807, 2.05) is 19.9 Å². The third-order valence-corrected chi connectivity index (χ3v) is 2.45. The largest absolute Gasteiger partial charge is 0.303 e. The van der Waals surface area contributed by atoms with Gasteiger partial charge in [-0.15, -0.1) is 0 Å². The second-order valence-electron chi connectivity index (χ2n) is 3.51. The van der Waals surface area contributed by atoms with Gasteiger partial charge in [0.1, 0.15) is 12.1 Å². The number of hydrogen-bond donors (Lipinski definition) is 0. The van der Waals surface area contributed by atoms with Crippen LogP contribution >= 0.6 is 0 Å². The number of rotatable bonds is 4. The maximum absolute atomic E-state index is 13.4. The highest BCUT2D eigenvalue weighted by atomic mass is 19.1. The van der Waals surface area contributed by atoms with E-state index >= 15 is 0 Å². The third-order valence-electron chi connectivity index (χ3n) is 2.45. The lowest BCUT2D eigenvalue weighted by atomic mass is 9.95. The molecule has 0 aliphatic rings. The third kappa shape index (κ3) is 2.41. The van der Waals surface area contributed by atoms with Crippen LogP contribution in [0.4, 0.5) is 4.39 Å². The summed E-state index contributed by atoms with van der Waals surface area (Å²) in [6.07, 6.45) is 2.11. The first-order chi connectivity index (χ1) is 6.69. The van der Waals surface area contributed by atoms with E-state index in [2.05, 4.69) is 0 Å². The van der Waals surface area contributed by atoms with Crippen molar-refractivity contribution in [2.24, 2.45) is 0 Å². The van der Waals surface area contributed by atoms with Crippen molar-refractivity contribution in [3.63, 3.8) is 0 Å². The maximum Gasteiger partial charge on any atom is 0.126 e. The van der Waals surface area contributed by atoms with Gasteiger partial charge in [-0.1, -0.05) is 26.0 Å². The summed E-state index contributed by atoms with van der Waals surface area (Å²) in [5, 5.41) is 0. The van der Waals surface area contributed by atoms with E-state index in [1.54, 1.807) is 6.07 Å². The van der Waals surface area contributed by atoms with Crippen LogP contribution in [0.15, 0.2) is 18.2 Å². The van der Waals surface area contributed by atoms with E-state index in [9.17, 15) is 9.18 Å². The molecule has 0 fully saturated rings. The minimum absolute atomic E-state index is 0.0287. The molecule has 1 aromatic carbocycles. The Bertz CT molecular complexity index is 320. The Morgan fingerprint density at radius 2 is 2.21 bits per heavy atom. The summed E-state index contributed by atoms with van der Waals surface area (Å²) in [7, 11) is 0. The molecule has 1 unspecified atom stereocenters. The van der Waals surface area contributed by atoms with Gasteiger partial charge >= 0.3 is 0 Å². The summed E-state index contributed by atoms with van der Waals surface area (Å²) < 4.78 is 13.4. The van der Waals surface area contributed by atoms with Crippen LogP contribution in [0.3, 0.4) is 0 Å². The summed E-state index contributed by atoms with van der Waals surface area (Å²) in [5.74, 6) is -0.240. The number of carbonyl (C=O) groups is 1. The molecule has 76 valence electrons. The Kier molecular flexibility index (Phi) is 3.81. The van der Waals surface area contributed by atoms with Crippen molar-refractivity contribution in [1.29, 1.82) is 0 Å². The molecular formula is C12H15FO. The van der Waals surface area contributed by atoms with Gasteiger partial charge in [-0.3, -0.25) is 0 Å². The summed E-state index contributed by atoms with van der Waals surface area (Å²) >= 11 is 0. The molecular weight excluding hydrogens is 179 g/mol. The molecule has 1 rings (SSSR count). The Morgan fingerprint density at radius 3 is 2.79 bits per heavy atom. The highest BCUT2D eigenvalue weighted by Gasteiger charge is 2.10. The SMILES string of the molecule is CCc1ccc(F)c(C(C)CC=O)c1. The monoisotopic (exact) mass is 194 g/mol. The van der Waals surface area contributed by atoms with Crippen LogP contribution in [0.1, 0.15) is 37.3 Å². The zero-order valence-electron chi connectivity index (χ0n) is 8.59. The van der Waals surface area contributed by atoms with Crippen molar-refractivity contribution in [2.45, 2.75) is 32.6 Å². The van der Waals surface area contributed by atoms with E-state index < -0.39 is 0 Å². The molecule has 0 saturated carbocycles. The zero-order chi connectivity index (χ0) is 10.6. The van der Waals surface area contributed by atoms with Gasteiger partial charge in [-0.05, 0) is 29.5 Å². The van der Waals surface area contributed by atoms with Gasteiger partial charge in [0.25, 0.3) is 0 Å². The molecule has 0 heterocycles. The predicted molar refractivity (Wildman–Crippen MR) is 54.9 cm³/mol. The number of benzene rings is 1. The highest BCUT2D eigenvalue weighted by molar-refractivity contribution is 5.51. The fraction of sp³-hybridized carbons (Fsp3) is 0.417. The van der Waals surface area contributed by atoms with Crippen LogP contribution in [0.5, 0.6) is 0 Å². The maximum atomic E-state index is 13.4. The van der Waals surface area contributed by atoms with Gasteiger partial charge in [-0.25, -0.2) is 4.39 Å². The summed E-state index contributed by atoms with van der Waals surface area (Å²) in [4.78, 5) is 10.3. The molecule has 0 spiro atoms. The topological polar surface area (TPSA) is 17.1 Å². The van der Waals surface area contributed by atoms with Crippen LogP contribution in [-0.4, -0.2) is 6.29 Å². The highest BCUT2D eigenvalue weighted by Crippen LogP contribution is 2.22. The first-order valence-electron chi connectivity index (χ1n) is 4.91. The lowest BCUT2D eigenvalue weighted by molar-refractivity contribution is -0.108. The molecule has 1 aromatic rings. The van der Waals surface area contributed by atoms with Crippen molar-refractivity contribution >= 4 is 6.29 Å². The first-order valence-corrected chi connectivity index (χ1v) is 4.91. The van der Waals surface area contributed by atoms with Crippen LogP contribution in [0, 0.1) is 5.82 Å². The number of carbonyl (C=O) groups excluding carboxylic acids is 1. The molecule has 14 heavy (non-hydrogen) atoms. The molecule has 0 aromatic heterocycles. The van der Waals surface area contributed by atoms with Gasteiger partial charge in [0.05, 0.1) is 0 Å². The molecule has 0 aliphatic carbocycles. The molecule has 1 atom stereocenters. The van der Waals surface area contributed by atoms with E-state index in [1.165, 1.54) is 6.07 Å². The Balaban J connectivity index is 2.98. The molecule has 0 N–H and O–H groups in total. The molecule has 0 amide bonds. The number of halogens is 1. The molecule has 0 radical (unpaired) electrons. The first kappa shape index (κ1) is 10.9. The molecule has 1 nitrogen and oxygen atoms in total. The van der Waals surface area contributed by atoms with E-state index in [0.29, 0.717) is 12.0 Å². The van der Waals surface area contributed by atoms with Crippen molar-refractivity contribution in [3.8, 4) is 0 Å². The van der Waals surface area contributed by atoms with Crippen LogP contribution in [0.25, 0.3) is 0 Å². The standard InChI is InChI=1S/C12H15FO/c1-3-10-4-5-12(13)11(8-10)9(2)6-7-14/h4-5,7-9H,3,6H2,1-2H3. The van der Waals surface area contributed by atoms with Crippen LogP contribution in [-0.2, 0) is 11.2 Å². The summed E-state index contributed by atoms with van der Waals surface area (Å²) in [6.45, 7) is 3.90. The number of aryl methyl sites for hydroxylation is 1. The second kappa shape index (κ2) is 4.89. The molecule has 2 heteroatoms.